The predicted molar refractivity (Wildman–Crippen MR) is 75.4 cm³/mol. The van der Waals surface area contributed by atoms with E-state index in [-0.39, 0.29) is 22.9 Å². The van der Waals surface area contributed by atoms with Crippen LogP contribution in [0.5, 0.6) is 0 Å². The quantitative estimate of drug-likeness (QED) is 0.776. The van der Waals surface area contributed by atoms with Gasteiger partial charge in [-0.05, 0) is 38.3 Å². The van der Waals surface area contributed by atoms with Crippen molar-refractivity contribution in [3.8, 4) is 6.07 Å². The van der Waals surface area contributed by atoms with Crippen LogP contribution in [0.2, 0.25) is 0 Å². The lowest BCUT2D eigenvalue weighted by Crippen LogP contribution is -2.42. The molecule has 0 saturated carbocycles. The molecule has 0 spiro atoms. The summed E-state index contributed by atoms with van der Waals surface area (Å²) in [6, 6.07) is 3.87. The Labute approximate surface area is 118 Å². The van der Waals surface area contributed by atoms with Crippen molar-refractivity contribution in [1.29, 1.82) is 5.26 Å². The van der Waals surface area contributed by atoms with E-state index in [1.165, 1.54) is 4.57 Å². The monoisotopic (exact) mass is 273 g/mol. The van der Waals surface area contributed by atoms with Gasteiger partial charge in [-0.3, -0.25) is 9.59 Å². The summed E-state index contributed by atoms with van der Waals surface area (Å²) in [6.07, 6.45) is 1.64. The van der Waals surface area contributed by atoms with Gasteiger partial charge in [0.2, 0.25) is 0 Å². The maximum absolute atomic E-state index is 12.5. The third-order valence-corrected chi connectivity index (χ3v) is 4.09. The maximum Gasteiger partial charge on any atom is 0.263 e. The number of pyridine rings is 1. The molecule has 5 heteroatoms. The van der Waals surface area contributed by atoms with Crippen LogP contribution in [-0.4, -0.2) is 28.5 Å². The van der Waals surface area contributed by atoms with Gasteiger partial charge in [0.05, 0.1) is 12.0 Å². The van der Waals surface area contributed by atoms with E-state index in [2.05, 4.69) is 6.07 Å². The van der Waals surface area contributed by atoms with Gasteiger partial charge in [-0.15, -0.1) is 0 Å². The molecule has 1 aliphatic heterocycles. The van der Waals surface area contributed by atoms with Gasteiger partial charge in [0.1, 0.15) is 5.56 Å². The van der Waals surface area contributed by atoms with E-state index >= 15 is 0 Å². The lowest BCUT2D eigenvalue weighted by molar-refractivity contribution is 0.0696. The fraction of sp³-hybridized carbons (Fsp3) is 0.533. The first kappa shape index (κ1) is 14.3. The van der Waals surface area contributed by atoms with E-state index < -0.39 is 0 Å². The SMILES string of the molecule is Cc1cc(C(=O)N2CCCC(C#N)C2)c(=O)n(C)c1C. The van der Waals surface area contributed by atoms with Crippen LogP contribution in [0.1, 0.15) is 34.5 Å². The smallest absolute Gasteiger partial charge is 0.263 e. The van der Waals surface area contributed by atoms with E-state index in [0.29, 0.717) is 13.1 Å². The summed E-state index contributed by atoms with van der Waals surface area (Å²) in [5, 5.41) is 8.99. The van der Waals surface area contributed by atoms with E-state index in [1.54, 1.807) is 18.0 Å². The lowest BCUT2D eigenvalue weighted by Gasteiger charge is -2.29. The highest BCUT2D eigenvalue weighted by atomic mass is 16.2. The molecule has 1 aromatic heterocycles. The van der Waals surface area contributed by atoms with E-state index in [9.17, 15) is 9.59 Å². The first-order chi connectivity index (χ1) is 9.45. The standard InChI is InChI=1S/C15H19N3O2/c1-10-7-13(14(19)17(3)11(10)2)15(20)18-6-4-5-12(8-16)9-18/h7,12H,4-6,9H2,1-3H3. The van der Waals surface area contributed by atoms with Crippen LogP contribution in [0.25, 0.3) is 0 Å². The molecule has 1 saturated heterocycles. The minimum atomic E-state index is -0.266. The first-order valence-corrected chi connectivity index (χ1v) is 6.81. The number of rotatable bonds is 1. The normalized spacial score (nSPS) is 18.7. The number of amides is 1. The second-order valence-electron chi connectivity index (χ2n) is 5.41. The minimum absolute atomic E-state index is 0.122. The molecule has 1 aliphatic rings. The van der Waals surface area contributed by atoms with E-state index in [1.807, 2.05) is 13.8 Å². The Morgan fingerprint density at radius 3 is 2.80 bits per heavy atom. The molecule has 0 bridgehead atoms. The molecule has 1 atom stereocenters. The molecule has 2 heterocycles. The molecule has 0 aliphatic carbocycles. The zero-order valence-electron chi connectivity index (χ0n) is 12.1. The second kappa shape index (κ2) is 5.49. The maximum atomic E-state index is 12.5. The van der Waals surface area contributed by atoms with Crippen molar-refractivity contribution < 1.29 is 4.79 Å². The van der Waals surface area contributed by atoms with Crippen molar-refractivity contribution in [2.75, 3.05) is 13.1 Å². The molecule has 1 aromatic rings. The summed E-state index contributed by atoms with van der Waals surface area (Å²) in [5.74, 6) is -0.378. The number of hydrogen-bond donors (Lipinski definition) is 0. The number of aromatic nitrogens is 1. The first-order valence-electron chi connectivity index (χ1n) is 6.81. The van der Waals surface area contributed by atoms with Gasteiger partial charge < -0.3 is 9.47 Å². The molecular formula is C15H19N3O2. The van der Waals surface area contributed by atoms with Crippen LogP contribution in [-0.2, 0) is 7.05 Å². The summed E-state index contributed by atoms with van der Waals surface area (Å²) in [7, 11) is 1.68. The Bertz CT molecular complexity index is 640. The third-order valence-electron chi connectivity index (χ3n) is 4.09. The van der Waals surface area contributed by atoms with Crippen molar-refractivity contribution in [2.45, 2.75) is 26.7 Å². The van der Waals surface area contributed by atoms with Gasteiger partial charge in [0.25, 0.3) is 11.5 Å². The molecule has 0 radical (unpaired) electrons. The molecule has 0 aromatic carbocycles. The molecule has 2 rings (SSSR count). The zero-order chi connectivity index (χ0) is 14.9. The van der Waals surface area contributed by atoms with Gasteiger partial charge in [-0.2, -0.15) is 5.26 Å². The fourth-order valence-electron chi connectivity index (χ4n) is 2.57. The summed E-state index contributed by atoms with van der Waals surface area (Å²) < 4.78 is 1.51. The van der Waals surface area contributed by atoms with Crippen LogP contribution in [0, 0.1) is 31.1 Å². The number of nitriles is 1. The Kier molecular flexibility index (Phi) is 3.93. The number of carbonyl (C=O) groups is 1. The fourth-order valence-corrected chi connectivity index (χ4v) is 2.57. The number of carbonyl (C=O) groups excluding carboxylic acids is 1. The van der Waals surface area contributed by atoms with Crippen molar-refractivity contribution in [1.82, 2.24) is 9.47 Å². The summed E-state index contributed by atoms with van der Waals surface area (Å²) >= 11 is 0. The van der Waals surface area contributed by atoms with Gasteiger partial charge in [0.15, 0.2) is 0 Å². The number of nitrogens with zero attached hydrogens (tertiary/aromatic N) is 3. The average molecular weight is 273 g/mol. The van der Waals surface area contributed by atoms with Crippen molar-refractivity contribution in [3.05, 3.63) is 33.2 Å². The molecule has 106 valence electrons. The largest absolute Gasteiger partial charge is 0.337 e. The minimum Gasteiger partial charge on any atom is -0.337 e. The highest BCUT2D eigenvalue weighted by Gasteiger charge is 2.26. The van der Waals surface area contributed by atoms with Gasteiger partial charge >= 0.3 is 0 Å². The van der Waals surface area contributed by atoms with Crippen LogP contribution in [0.15, 0.2) is 10.9 Å². The number of aryl methyl sites for hydroxylation is 1. The molecule has 1 unspecified atom stereocenters. The van der Waals surface area contributed by atoms with Crippen molar-refractivity contribution >= 4 is 5.91 Å². The highest BCUT2D eigenvalue weighted by molar-refractivity contribution is 5.94. The molecular weight excluding hydrogens is 254 g/mol. The summed E-state index contributed by atoms with van der Waals surface area (Å²) in [5.41, 5.74) is 1.72. The molecule has 0 N–H and O–H groups in total. The molecule has 1 amide bonds. The van der Waals surface area contributed by atoms with E-state index in [4.69, 9.17) is 5.26 Å². The lowest BCUT2D eigenvalue weighted by atomic mass is 9.99. The average Bonchev–Trinajstić information content (AvgIpc) is 2.48. The van der Waals surface area contributed by atoms with Crippen LogP contribution < -0.4 is 5.56 Å². The van der Waals surface area contributed by atoms with Crippen LogP contribution in [0.3, 0.4) is 0 Å². The van der Waals surface area contributed by atoms with Crippen molar-refractivity contribution in [3.63, 3.8) is 0 Å². The van der Waals surface area contributed by atoms with E-state index in [0.717, 1.165) is 24.1 Å². The second-order valence-corrected chi connectivity index (χ2v) is 5.41. The number of likely N-dealkylation sites (tertiary alicyclic amines) is 1. The Morgan fingerprint density at radius 1 is 1.45 bits per heavy atom. The van der Waals surface area contributed by atoms with Crippen molar-refractivity contribution in [2.24, 2.45) is 13.0 Å². The number of hydrogen-bond acceptors (Lipinski definition) is 3. The zero-order valence-corrected chi connectivity index (χ0v) is 12.1. The summed E-state index contributed by atoms with van der Waals surface area (Å²) in [6.45, 7) is 4.79. The topological polar surface area (TPSA) is 66.1 Å². The summed E-state index contributed by atoms with van der Waals surface area (Å²) in [4.78, 5) is 26.4. The Morgan fingerprint density at radius 2 is 2.15 bits per heavy atom. The molecule has 1 fully saturated rings. The molecule has 5 nitrogen and oxygen atoms in total. The van der Waals surface area contributed by atoms with Gasteiger partial charge in [-0.25, -0.2) is 0 Å². The Hall–Kier alpha value is -2.09. The highest BCUT2D eigenvalue weighted by Crippen LogP contribution is 2.17. The predicted octanol–water partition coefficient (Wildman–Crippen LogP) is 1.38. The van der Waals surface area contributed by atoms with Crippen LogP contribution >= 0.6 is 0 Å². The van der Waals surface area contributed by atoms with Crippen LogP contribution in [0.4, 0.5) is 0 Å². The van der Waals surface area contributed by atoms with Gasteiger partial charge in [-0.1, -0.05) is 0 Å². The Balaban J connectivity index is 2.35. The third kappa shape index (κ3) is 2.46. The number of piperidine rings is 1. The molecule has 20 heavy (non-hydrogen) atoms. The van der Waals surface area contributed by atoms with Gasteiger partial charge in [0, 0.05) is 25.8 Å².